The van der Waals surface area contributed by atoms with E-state index in [1.165, 1.54) is 38.5 Å². The molecule has 0 radical (unpaired) electrons. The molecule has 2 amide bonds. The molecule has 3 aromatic rings. The van der Waals surface area contributed by atoms with E-state index in [2.05, 4.69) is 42.9 Å². The average Bonchev–Trinajstić information content (AvgIpc) is 2.90. The molecule has 0 aliphatic carbocycles. The Balaban J connectivity index is 0.00000220. The fourth-order valence-corrected chi connectivity index (χ4v) is 6.35. The van der Waals surface area contributed by atoms with Crippen molar-refractivity contribution in [2.75, 3.05) is 53.4 Å². The first-order chi connectivity index (χ1) is 18.3. The lowest BCUT2D eigenvalue weighted by atomic mass is 10.0. The fraction of sp³-hybridized carbons (Fsp3) is 0.516. The lowest BCUT2D eigenvalue weighted by Crippen LogP contribution is -3.00. The van der Waals surface area contributed by atoms with E-state index >= 15 is 0 Å². The van der Waals surface area contributed by atoms with E-state index in [0.717, 1.165) is 68.1 Å². The van der Waals surface area contributed by atoms with Crippen molar-refractivity contribution in [3.63, 3.8) is 0 Å². The van der Waals surface area contributed by atoms with E-state index in [-0.39, 0.29) is 59.8 Å². The zero-order valence-electron chi connectivity index (χ0n) is 23.9. The maximum absolute atomic E-state index is 12.8. The number of piperidine rings is 2. The maximum atomic E-state index is 12.8. The number of carbonyl (C=O) groups is 2. The number of benzene rings is 2. The number of nitrogens with one attached hydrogen (secondary N) is 2. The number of hydrogen-bond acceptors (Lipinski definition) is 3. The molecule has 2 aromatic carbocycles. The number of nitrogens with zero attached hydrogens (tertiary/aromatic N) is 3. The van der Waals surface area contributed by atoms with Crippen LogP contribution < -0.4 is 58.6 Å². The summed E-state index contributed by atoms with van der Waals surface area (Å²) >= 11 is 0. The summed E-state index contributed by atoms with van der Waals surface area (Å²) in [6.45, 7) is 6.29. The molecule has 218 valence electrons. The van der Waals surface area contributed by atoms with Crippen molar-refractivity contribution in [3.8, 4) is 0 Å². The summed E-state index contributed by atoms with van der Waals surface area (Å²) in [5.74, 6) is 0.196. The summed E-state index contributed by atoms with van der Waals surface area (Å²) in [5.41, 5.74) is 3.84. The molecule has 3 heterocycles. The van der Waals surface area contributed by atoms with E-state index < -0.39 is 0 Å². The molecule has 2 saturated heterocycles. The van der Waals surface area contributed by atoms with Crippen LogP contribution in [0.2, 0.25) is 0 Å². The summed E-state index contributed by atoms with van der Waals surface area (Å²) < 4.78 is 1.66. The molecule has 7 nitrogen and oxygen atoms in total. The molecule has 2 aliphatic rings. The highest BCUT2D eigenvalue weighted by Gasteiger charge is 2.28. The number of para-hydroxylation sites is 2. The lowest BCUT2D eigenvalue weighted by molar-refractivity contribution is -0.906. The van der Waals surface area contributed by atoms with Gasteiger partial charge in [-0.05, 0) is 55.7 Å². The second-order valence-corrected chi connectivity index (χ2v) is 12.1. The van der Waals surface area contributed by atoms with Crippen LogP contribution in [0.15, 0.2) is 42.5 Å². The van der Waals surface area contributed by atoms with Crippen LogP contribution in [0.5, 0.6) is 0 Å². The third kappa shape index (κ3) is 8.25. The molecular weight excluding hydrogens is 728 g/mol. The molecule has 0 atom stereocenters. The first kappa shape index (κ1) is 32.9. The number of rotatable bonds is 8. The number of halogens is 2. The second-order valence-electron chi connectivity index (χ2n) is 12.1. The zero-order chi connectivity index (χ0) is 26.6. The van der Waals surface area contributed by atoms with E-state index in [1.807, 2.05) is 24.3 Å². The second kappa shape index (κ2) is 14.6. The minimum absolute atomic E-state index is 0. The molecule has 40 heavy (non-hydrogen) atoms. The molecule has 9 heteroatoms. The Morgan fingerprint density at radius 2 is 1.07 bits per heavy atom. The smallest absolute Gasteiger partial charge is 0.275 e. The lowest BCUT2D eigenvalue weighted by Gasteiger charge is -2.37. The van der Waals surface area contributed by atoms with Gasteiger partial charge in [-0.1, -0.05) is 36.4 Å². The minimum atomic E-state index is 0. The van der Waals surface area contributed by atoms with Crippen LogP contribution in [0.4, 0.5) is 0 Å². The third-order valence-electron chi connectivity index (χ3n) is 8.63. The summed E-state index contributed by atoms with van der Waals surface area (Å²) in [4.78, 5) is 30.7. The molecule has 2 N–H and O–H groups in total. The topological polar surface area (TPSA) is 71.1 Å². The number of pyridine rings is 1. The van der Waals surface area contributed by atoms with Crippen molar-refractivity contribution in [1.82, 2.24) is 15.6 Å². The third-order valence-corrected chi connectivity index (χ3v) is 8.63. The number of amides is 2. The Bertz CT molecular complexity index is 1220. The van der Waals surface area contributed by atoms with E-state index in [0.29, 0.717) is 26.2 Å². The Kier molecular flexibility index (Phi) is 12.0. The normalized spacial score (nSPS) is 17.9. The molecule has 1 aromatic heterocycles. The van der Waals surface area contributed by atoms with E-state index in [4.69, 9.17) is 4.98 Å². The average molecular weight is 772 g/mol. The van der Waals surface area contributed by atoms with Crippen LogP contribution in [0.3, 0.4) is 0 Å². The summed E-state index contributed by atoms with van der Waals surface area (Å²) in [6.07, 6.45) is 7.35. The fourth-order valence-electron chi connectivity index (χ4n) is 6.35. The van der Waals surface area contributed by atoms with Crippen molar-refractivity contribution < 1.29 is 66.5 Å². The molecule has 0 spiro atoms. The minimum Gasteiger partial charge on any atom is -1.00 e. The van der Waals surface area contributed by atoms with Gasteiger partial charge in [-0.15, -0.1) is 0 Å². The molecule has 5 rings (SSSR count). The van der Waals surface area contributed by atoms with Crippen LogP contribution >= 0.6 is 0 Å². The predicted molar refractivity (Wildman–Crippen MR) is 152 cm³/mol. The van der Waals surface area contributed by atoms with Gasteiger partial charge >= 0.3 is 0 Å². The van der Waals surface area contributed by atoms with Crippen molar-refractivity contribution in [1.29, 1.82) is 0 Å². The van der Waals surface area contributed by atoms with Gasteiger partial charge in [0.15, 0.2) is 13.1 Å². The van der Waals surface area contributed by atoms with Crippen molar-refractivity contribution >= 4 is 33.6 Å². The number of likely N-dealkylation sites (tertiary alicyclic amines) is 2. The van der Waals surface area contributed by atoms with Crippen LogP contribution in [0.1, 0.15) is 49.7 Å². The van der Waals surface area contributed by atoms with Gasteiger partial charge in [0.25, 0.3) is 11.8 Å². The molecule has 2 aliphatic heterocycles. The van der Waals surface area contributed by atoms with Gasteiger partial charge in [0.1, 0.15) is 0 Å². The highest BCUT2D eigenvalue weighted by atomic mass is 127. The number of hydrogen-bond donors (Lipinski definition) is 2. The largest absolute Gasteiger partial charge is 1.00 e. The number of quaternary nitrogens is 2. The summed E-state index contributed by atoms with van der Waals surface area (Å²) in [5, 5.41) is 8.43. The SMILES string of the molecule is C[N+]1(CC(=O)NCc2cccc3cc4cccc(CNC(=O)C[N+]5(C)CCCCC5)c4nc23)CCCCC1.[I-].[I-]. The first-order valence-electron chi connectivity index (χ1n) is 14.3. The van der Waals surface area contributed by atoms with E-state index in [1.54, 1.807) is 0 Å². The first-order valence-corrected chi connectivity index (χ1v) is 14.3. The quantitative estimate of drug-likeness (QED) is 0.157. The van der Waals surface area contributed by atoms with Crippen molar-refractivity contribution in [2.24, 2.45) is 0 Å². The van der Waals surface area contributed by atoms with Crippen LogP contribution in [-0.2, 0) is 22.7 Å². The number of fused-ring (bicyclic) bond motifs is 2. The van der Waals surface area contributed by atoms with Gasteiger partial charge in [-0.2, -0.15) is 0 Å². The molecular formula is C31H43I2N5O2. The van der Waals surface area contributed by atoms with Gasteiger partial charge in [-0.25, -0.2) is 4.98 Å². The molecule has 0 saturated carbocycles. The highest BCUT2D eigenvalue weighted by Crippen LogP contribution is 2.25. The predicted octanol–water partition coefficient (Wildman–Crippen LogP) is -2.11. The van der Waals surface area contributed by atoms with Gasteiger partial charge in [0.05, 0.1) is 51.3 Å². The molecule has 2 fully saturated rings. The number of carbonyl (C=O) groups excluding carboxylic acids is 2. The molecule has 0 unspecified atom stereocenters. The Hall–Kier alpha value is -1.57. The number of likely N-dealkylation sites (N-methyl/N-ethyl adjacent to an activating group) is 2. The van der Waals surface area contributed by atoms with Crippen LogP contribution in [0, 0.1) is 0 Å². The van der Waals surface area contributed by atoms with Crippen LogP contribution in [0.25, 0.3) is 21.8 Å². The van der Waals surface area contributed by atoms with Crippen molar-refractivity contribution in [2.45, 2.75) is 51.6 Å². The maximum Gasteiger partial charge on any atom is 0.275 e. The van der Waals surface area contributed by atoms with Gasteiger partial charge < -0.3 is 67.6 Å². The number of aromatic nitrogens is 1. The van der Waals surface area contributed by atoms with Gasteiger partial charge in [-0.3, -0.25) is 9.59 Å². The Labute approximate surface area is 272 Å². The van der Waals surface area contributed by atoms with Gasteiger partial charge in [0, 0.05) is 23.9 Å². The van der Waals surface area contributed by atoms with Gasteiger partial charge in [0.2, 0.25) is 0 Å². The molecule has 0 bridgehead atoms. The summed E-state index contributed by atoms with van der Waals surface area (Å²) in [7, 11) is 4.39. The zero-order valence-corrected chi connectivity index (χ0v) is 28.2. The Morgan fingerprint density at radius 1 is 0.675 bits per heavy atom. The van der Waals surface area contributed by atoms with Crippen LogP contribution in [-0.4, -0.2) is 79.1 Å². The standard InChI is InChI=1S/C31H41N5O2.2HI/c1-35(15-5-3-6-16-35)22-28(37)32-20-26-13-9-11-24-19-25-12-10-14-27(31(25)34-30(24)26)21-33-29(38)23-36(2)17-7-4-8-18-36;;/h9-14,19H,3-8,15-18,20-23H2,1-2H3;2*1H. The van der Waals surface area contributed by atoms with E-state index in [9.17, 15) is 9.59 Å². The van der Waals surface area contributed by atoms with Crippen molar-refractivity contribution in [3.05, 3.63) is 53.6 Å². The highest BCUT2D eigenvalue weighted by molar-refractivity contribution is 5.95. The monoisotopic (exact) mass is 771 g/mol. The summed E-state index contributed by atoms with van der Waals surface area (Å²) in [6, 6.07) is 14.5. The Morgan fingerprint density at radius 3 is 1.48 bits per heavy atom.